The number of hydrogen-bond acceptors (Lipinski definition) is 4. The summed E-state index contributed by atoms with van der Waals surface area (Å²) in [4.78, 5) is 12.0. The summed E-state index contributed by atoms with van der Waals surface area (Å²) in [6.45, 7) is 2.57. The van der Waals surface area contributed by atoms with Crippen LogP contribution in [0.2, 0.25) is 10.0 Å². The molecule has 0 aliphatic heterocycles. The first-order valence-electron chi connectivity index (χ1n) is 9.74. The standard InChI is InChI=1S/C23H19Br2Cl2N3O3/c1-2-32-21-9-15(12-28-30-23(31)29-18-7-4-16(24)5-8-18)19(25)11-22(21)33-13-14-3-6-17(26)10-20(14)27/h3-12H,2,13H2,1H3,(H2,29,30,31)/b28-12-. The maximum atomic E-state index is 12.0. The smallest absolute Gasteiger partial charge is 0.339 e. The molecule has 0 aromatic heterocycles. The Bertz CT molecular complexity index is 1160. The van der Waals surface area contributed by atoms with Crippen molar-refractivity contribution >= 4 is 73.0 Å². The Morgan fingerprint density at radius 2 is 1.76 bits per heavy atom. The molecule has 0 saturated heterocycles. The molecule has 0 unspecified atom stereocenters. The lowest BCUT2D eigenvalue weighted by atomic mass is 10.2. The molecule has 0 radical (unpaired) electrons. The van der Waals surface area contributed by atoms with E-state index in [2.05, 4.69) is 47.7 Å². The monoisotopic (exact) mass is 613 g/mol. The molecule has 3 aromatic carbocycles. The van der Waals surface area contributed by atoms with Crippen molar-refractivity contribution in [2.75, 3.05) is 11.9 Å². The fourth-order valence-corrected chi connectivity index (χ4v) is 3.83. The second-order valence-corrected chi connectivity index (χ2v) is 9.22. The van der Waals surface area contributed by atoms with E-state index < -0.39 is 6.03 Å². The third kappa shape index (κ3) is 7.64. The van der Waals surface area contributed by atoms with E-state index in [1.54, 1.807) is 36.4 Å². The number of benzene rings is 3. The molecule has 3 rings (SSSR count). The van der Waals surface area contributed by atoms with Crippen LogP contribution in [0.15, 0.2) is 68.6 Å². The van der Waals surface area contributed by atoms with Crippen LogP contribution in [0, 0.1) is 0 Å². The Labute approximate surface area is 218 Å². The van der Waals surface area contributed by atoms with Crippen LogP contribution in [-0.2, 0) is 6.61 Å². The van der Waals surface area contributed by atoms with Crippen molar-refractivity contribution in [3.63, 3.8) is 0 Å². The van der Waals surface area contributed by atoms with Crippen LogP contribution < -0.4 is 20.2 Å². The quantitative estimate of drug-likeness (QED) is 0.202. The fraction of sp³-hybridized carbons (Fsp3) is 0.130. The Morgan fingerprint density at radius 3 is 2.45 bits per heavy atom. The minimum Gasteiger partial charge on any atom is -0.490 e. The number of carbonyl (C=O) groups is 1. The zero-order valence-electron chi connectivity index (χ0n) is 17.4. The van der Waals surface area contributed by atoms with Gasteiger partial charge in [0.2, 0.25) is 0 Å². The number of hydrazone groups is 1. The third-order valence-corrected chi connectivity index (χ3v) is 6.04. The number of urea groups is 1. The topological polar surface area (TPSA) is 72.0 Å². The minimum absolute atomic E-state index is 0.244. The molecule has 0 saturated carbocycles. The van der Waals surface area contributed by atoms with Gasteiger partial charge in [-0.25, -0.2) is 10.2 Å². The van der Waals surface area contributed by atoms with Crippen molar-refractivity contribution in [3.8, 4) is 11.5 Å². The summed E-state index contributed by atoms with van der Waals surface area (Å²) < 4.78 is 13.3. The van der Waals surface area contributed by atoms with E-state index >= 15 is 0 Å². The second kappa shape index (κ2) is 12.3. The Balaban J connectivity index is 1.67. The van der Waals surface area contributed by atoms with Crippen molar-refractivity contribution in [1.82, 2.24) is 5.43 Å². The summed E-state index contributed by atoms with van der Waals surface area (Å²) in [5.41, 5.74) is 4.57. The van der Waals surface area contributed by atoms with E-state index in [1.165, 1.54) is 6.21 Å². The molecule has 2 amide bonds. The molecule has 0 aliphatic carbocycles. The van der Waals surface area contributed by atoms with Gasteiger partial charge in [0.1, 0.15) is 6.61 Å². The van der Waals surface area contributed by atoms with Gasteiger partial charge in [0.05, 0.1) is 12.8 Å². The number of amides is 2. The molecular formula is C23H19Br2Cl2N3O3. The Morgan fingerprint density at radius 1 is 1.03 bits per heavy atom. The number of rotatable bonds is 8. The maximum Gasteiger partial charge on any atom is 0.339 e. The van der Waals surface area contributed by atoms with Crippen LogP contribution in [0.1, 0.15) is 18.1 Å². The zero-order valence-corrected chi connectivity index (χ0v) is 22.1. The number of anilines is 1. The van der Waals surface area contributed by atoms with Gasteiger partial charge in [0.25, 0.3) is 0 Å². The molecule has 3 aromatic rings. The van der Waals surface area contributed by atoms with Crippen LogP contribution in [0.25, 0.3) is 0 Å². The van der Waals surface area contributed by atoms with Gasteiger partial charge in [-0.05, 0) is 71.4 Å². The Kier molecular flexibility index (Phi) is 9.43. The maximum absolute atomic E-state index is 12.0. The highest BCUT2D eigenvalue weighted by Crippen LogP contribution is 2.34. The van der Waals surface area contributed by atoms with Crippen LogP contribution in [-0.4, -0.2) is 18.9 Å². The van der Waals surface area contributed by atoms with E-state index in [0.29, 0.717) is 43.9 Å². The second-order valence-electron chi connectivity index (χ2n) is 6.61. The van der Waals surface area contributed by atoms with Gasteiger partial charge in [-0.15, -0.1) is 0 Å². The van der Waals surface area contributed by atoms with E-state index in [-0.39, 0.29) is 6.61 Å². The van der Waals surface area contributed by atoms with E-state index in [0.717, 1.165) is 10.0 Å². The van der Waals surface area contributed by atoms with Gasteiger partial charge in [0, 0.05) is 35.8 Å². The molecular weight excluding hydrogens is 597 g/mol. The van der Waals surface area contributed by atoms with Crippen molar-refractivity contribution in [2.45, 2.75) is 13.5 Å². The normalized spacial score (nSPS) is 10.8. The van der Waals surface area contributed by atoms with Gasteiger partial charge in [0.15, 0.2) is 11.5 Å². The molecule has 0 spiro atoms. The van der Waals surface area contributed by atoms with E-state index in [1.807, 2.05) is 25.1 Å². The first-order chi connectivity index (χ1) is 15.9. The summed E-state index contributed by atoms with van der Waals surface area (Å²) in [7, 11) is 0. The zero-order chi connectivity index (χ0) is 23.8. The van der Waals surface area contributed by atoms with Crippen LogP contribution in [0.3, 0.4) is 0 Å². The summed E-state index contributed by atoms with van der Waals surface area (Å²) >= 11 is 19.0. The molecule has 33 heavy (non-hydrogen) atoms. The molecule has 0 aliphatic rings. The van der Waals surface area contributed by atoms with E-state index in [9.17, 15) is 4.79 Å². The fourth-order valence-electron chi connectivity index (χ4n) is 2.68. The summed E-state index contributed by atoms with van der Waals surface area (Å²) in [5.74, 6) is 1.07. The van der Waals surface area contributed by atoms with Gasteiger partial charge in [-0.3, -0.25) is 0 Å². The summed E-state index contributed by atoms with van der Waals surface area (Å²) in [5, 5.41) is 7.78. The molecule has 0 fully saturated rings. The first-order valence-corrected chi connectivity index (χ1v) is 12.1. The third-order valence-electron chi connectivity index (χ3n) is 4.23. The minimum atomic E-state index is -0.463. The van der Waals surface area contributed by atoms with Crippen LogP contribution >= 0.6 is 55.1 Å². The average Bonchev–Trinajstić information content (AvgIpc) is 2.77. The van der Waals surface area contributed by atoms with Gasteiger partial charge in [-0.1, -0.05) is 45.2 Å². The highest BCUT2D eigenvalue weighted by atomic mass is 79.9. The van der Waals surface area contributed by atoms with Crippen LogP contribution in [0.4, 0.5) is 10.5 Å². The van der Waals surface area contributed by atoms with Gasteiger partial charge < -0.3 is 14.8 Å². The molecule has 10 heteroatoms. The highest BCUT2D eigenvalue weighted by molar-refractivity contribution is 9.10. The van der Waals surface area contributed by atoms with Gasteiger partial charge in [-0.2, -0.15) is 5.10 Å². The van der Waals surface area contributed by atoms with Crippen molar-refractivity contribution in [3.05, 3.63) is 84.7 Å². The number of halogens is 4. The molecule has 6 nitrogen and oxygen atoms in total. The average molecular weight is 616 g/mol. The van der Waals surface area contributed by atoms with Gasteiger partial charge >= 0.3 is 6.03 Å². The van der Waals surface area contributed by atoms with E-state index in [4.69, 9.17) is 32.7 Å². The summed E-state index contributed by atoms with van der Waals surface area (Å²) in [6, 6.07) is 15.5. The summed E-state index contributed by atoms with van der Waals surface area (Å²) in [6.07, 6.45) is 1.51. The SMILES string of the molecule is CCOc1cc(/C=N\NC(=O)Nc2ccc(Br)cc2)c(Br)cc1OCc1ccc(Cl)cc1Cl. The lowest BCUT2D eigenvalue weighted by Crippen LogP contribution is -2.24. The lowest BCUT2D eigenvalue weighted by molar-refractivity contribution is 0.252. The number of nitrogens with zero attached hydrogens (tertiary/aromatic N) is 1. The number of carbonyl (C=O) groups excluding carboxylic acids is 1. The number of nitrogens with one attached hydrogen (secondary N) is 2. The molecule has 2 N–H and O–H groups in total. The Hall–Kier alpha value is -2.26. The number of ether oxygens (including phenoxy) is 2. The van der Waals surface area contributed by atoms with Crippen LogP contribution in [0.5, 0.6) is 11.5 Å². The molecule has 172 valence electrons. The predicted molar refractivity (Wildman–Crippen MR) is 140 cm³/mol. The highest BCUT2D eigenvalue weighted by Gasteiger charge is 2.12. The molecule has 0 bridgehead atoms. The molecule has 0 heterocycles. The van der Waals surface area contributed by atoms with Crippen molar-refractivity contribution < 1.29 is 14.3 Å². The first kappa shape index (κ1) is 25.4. The number of hydrogen-bond donors (Lipinski definition) is 2. The van der Waals surface area contributed by atoms with Crippen molar-refractivity contribution in [2.24, 2.45) is 5.10 Å². The lowest BCUT2D eigenvalue weighted by Gasteiger charge is -2.14. The predicted octanol–water partition coefficient (Wildman–Crippen LogP) is 7.65. The van der Waals surface area contributed by atoms with Crippen molar-refractivity contribution in [1.29, 1.82) is 0 Å². The molecule has 0 atom stereocenters. The largest absolute Gasteiger partial charge is 0.490 e.